The second-order valence-electron chi connectivity index (χ2n) is 5.36. The molecule has 8 heteroatoms. The molecule has 2 heterocycles. The van der Waals surface area contributed by atoms with Gasteiger partial charge in [-0.1, -0.05) is 36.5 Å². The van der Waals surface area contributed by atoms with Crippen LogP contribution in [-0.2, 0) is 16.4 Å². The summed E-state index contributed by atoms with van der Waals surface area (Å²) >= 11 is 1.40. The SMILES string of the molecule is CCc1nn(-c2sc(C)nc2NS(=O)(=O)c2ccccc2)cc1C. The lowest BCUT2D eigenvalue weighted by atomic mass is 10.2. The Hall–Kier alpha value is -2.19. The van der Waals surface area contributed by atoms with Crippen molar-refractivity contribution in [3.8, 4) is 5.00 Å². The number of aryl methyl sites for hydroxylation is 3. The van der Waals surface area contributed by atoms with Gasteiger partial charge in [0.15, 0.2) is 10.8 Å². The molecule has 1 N–H and O–H groups in total. The predicted molar refractivity (Wildman–Crippen MR) is 95.3 cm³/mol. The molecule has 0 saturated carbocycles. The van der Waals surface area contributed by atoms with Gasteiger partial charge in [-0.2, -0.15) is 5.10 Å². The number of nitrogens with zero attached hydrogens (tertiary/aromatic N) is 3. The van der Waals surface area contributed by atoms with Crippen molar-refractivity contribution in [2.75, 3.05) is 4.72 Å². The number of aromatic nitrogens is 3. The summed E-state index contributed by atoms with van der Waals surface area (Å²) in [6.45, 7) is 5.87. The Labute approximate surface area is 145 Å². The largest absolute Gasteiger partial charge is 0.263 e. The molecular formula is C16H18N4O2S2. The zero-order chi connectivity index (χ0) is 17.3. The molecule has 0 bridgehead atoms. The van der Waals surface area contributed by atoms with Crippen LogP contribution in [0.15, 0.2) is 41.4 Å². The minimum Gasteiger partial charge on any atom is -0.261 e. The van der Waals surface area contributed by atoms with Gasteiger partial charge in [-0.15, -0.1) is 0 Å². The molecule has 0 aliphatic heterocycles. The molecular weight excluding hydrogens is 344 g/mol. The number of nitrogens with one attached hydrogen (secondary N) is 1. The summed E-state index contributed by atoms with van der Waals surface area (Å²) < 4.78 is 29.4. The molecule has 0 unspecified atom stereocenters. The number of rotatable bonds is 5. The summed E-state index contributed by atoms with van der Waals surface area (Å²) in [7, 11) is -3.69. The van der Waals surface area contributed by atoms with Gasteiger partial charge in [0.1, 0.15) is 0 Å². The molecule has 0 spiro atoms. The van der Waals surface area contributed by atoms with Crippen LogP contribution < -0.4 is 4.72 Å². The van der Waals surface area contributed by atoms with Gasteiger partial charge in [-0.25, -0.2) is 18.1 Å². The molecule has 0 atom stereocenters. The number of sulfonamides is 1. The lowest BCUT2D eigenvalue weighted by Gasteiger charge is -2.07. The lowest BCUT2D eigenvalue weighted by molar-refractivity contribution is 0.601. The van der Waals surface area contributed by atoms with Crippen molar-refractivity contribution in [3.63, 3.8) is 0 Å². The Morgan fingerprint density at radius 3 is 2.54 bits per heavy atom. The first-order valence-corrected chi connectivity index (χ1v) is 9.81. The van der Waals surface area contributed by atoms with Crippen molar-refractivity contribution in [1.29, 1.82) is 0 Å². The van der Waals surface area contributed by atoms with E-state index >= 15 is 0 Å². The zero-order valence-electron chi connectivity index (χ0n) is 13.6. The van der Waals surface area contributed by atoms with Gasteiger partial charge in [0.2, 0.25) is 0 Å². The molecule has 3 aromatic rings. The monoisotopic (exact) mass is 362 g/mol. The van der Waals surface area contributed by atoms with E-state index in [-0.39, 0.29) is 4.90 Å². The van der Waals surface area contributed by atoms with E-state index in [1.807, 2.05) is 27.0 Å². The maximum absolute atomic E-state index is 12.5. The number of hydrogen-bond donors (Lipinski definition) is 1. The van der Waals surface area contributed by atoms with E-state index in [1.165, 1.54) is 11.3 Å². The Morgan fingerprint density at radius 2 is 1.92 bits per heavy atom. The fourth-order valence-electron chi connectivity index (χ4n) is 2.37. The van der Waals surface area contributed by atoms with Gasteiger partial charge in [0.25, 0.3) is 10.0 Å². The zero-order valence-corrected chi connectivity index (χ0v) is 15.3. The first kappa shape index (κ1) is 16.7. The predicted octanol–water partition coefficient (Wildman–Crippen LogP) is 3.31. The van der Waals surface area contributed by atoms with E-state index in [4.69, 9.17) is 0 Å². The molecule has 6 nitrogen and oxygen atoms in total. The standard InChI is InChI=1S/C16H18N4O2S2/c1-4-14-11(2)10-20(18-14)16-15(17-12(3)23-16)19-24(21,22)13-8-6-5-7-9-13/h5-10,19H,4H2,1-3H3. The van der Waals surface area contributed by atoms with Crippen LogP contribution in [0.25, 0.3) is 5.00 Å². The summed E-state index contributed by atoms with van der Waals surface area (Å²) in [4.78, 5) is 4.53. The highest BCUT2D eigenvalue weighted by Crippen LogP contribution is 2.29. The number of benzene rings is 1. The summed E-state index contributed by atoms with van der Waals surface area (Å²) in [6.07, 6.45) is 2.72. The fourth-order valence-corrected chi connectivity index (χ4v) is 4.27. The van der Waals surface area contributed by atoms with Crippen LogP contribution in [0.3, 0.4) is 0 Å². The summed E-state index contributed by atoms with van der Waals surface area (Å²) in [5.74, 6) is 0.298. The van der Waals surface area contributed by atoms with Gasteiger partial charge in [0, 0.05) is 6.20 Å². The molecule has 0 aliphatic rings. The summed E-state index contributed by atoms with van der Waals surface area (Å²) in [5, 5.41) is 5.96. The highest BCUT2D eigenvalue weighted by atomic mass is 32.2. The molecule has 0 radical (unpaired) electrons. The van der Waals surface area contributed by atoms with Gasteiger partial charge in [-0.3, -0.25) is 4.72 Å². The number of anilines is 1. The van der Waals surface area contributed by atoms with E-state index in [0.29, 0.717) is 10.8 Å². The minimum absolute atomic E-state index is 0.201. The van der Waals surface area contributed by atoms with Crippen LogP contribution in [0.5, 0.6) is 0 Å². The molecule has 24 heavy (non-hydrogen) atoms. The molecule has 1 aromatic carbocycles. The van der Waals surface area contributed by atoms with Crippen molar-refractivity contribution >= 4 is 27.2 Å². The molecule has 0 aliphatic carbocycles. The number of thiazole rings is 1. The number of hydrogen-bond acceptors (Lipinski definition) is 5. The lowest BCUT2D eigenvalue weighted by Crippen LogP contribution is -2.14. The maximum Gasteiger partial charge on any atom is 0.263 e. The fraction of sp³-hybridized carbons (Fsp3) is 0.250. The second kappa shape index (κ2) is 6.37. The smallest absolute Gasteiger partial charge is 0.261 e. The molecule has 2 aromatic heterocycles. The maximum atomic E-state index is 12.5. The Morgan fingerprint density at radius 1 is 1.21 bits per heavy atom. The second-order valence-corrected chi connectivity index (χ2v) is 8.23. The van der Waals surface area contributed by atoms with Crippen LogP contribution in [0.2, 0.25) is 0 Å². The van der Waals surface area contributed by atoms with Gasteiger partial charge < -0.3 is 0 Å². The summed E-state index contributed by atoms with van der Waals surface area (Å²) in [5.41, 5.74) is 2.05. The van der Waals surface area contributed by atoms with E-state index in [1.54, 1.807) is 35.0 Å². The van der Waals surface area contributed by atoms with Gasteiger partial charge in [0.05, 0.1) is 15.6 Å². The van der Waals surface area contributed by atoms with E-state index in [9.17, 15) is 8.42 Å². The minimum atomic E-state index is -3.69. The average Bonchev–Trinajstić information content (AvgIpc) is 3.10. The van der Waals surface area contributed by atoms with Crippen LogP contribution in [0.1, 0.15) is 23.2 Å². The van der Waals surface area contributed by atoms with Crippen molar-refractivity contribution in [2.45, 2.75) is 32.1 Å². The van der Waals surface area contributed by atoms with E-state index in [2.05, 4.69) is 14.8 Å². The van der Waals surface area contributed by atoms with E-state index in [0.717, 1.165) is 22.7 Å². The molecule has 126 valence electrons. The first-order chi connectivity index (χ1) is 11.4. The van der Waals surface area contributed by atoms with Gasteiger partial charge >= 0.3 is 0 Å². The van der Waals surface area contributed by atoms with E-state index < -0.39 is 10.0 Å². The van der Waals surface area contributed by atoms with Crippen LogP contribution in [0, 0.1) is 13.8 Å². The van der Waals surface area contributed by atoms with Crippen LogP contribution in [0.4, 0.5) is 5.82 Å². The third kappa shape index (κ3) is 3.20. The normalized spacial score (nSPS) is 11.6. The molecule has 3 rings (SSSR count). The van der Waals surface area contributed by atoms with Crippen LogP contribution in [-0.4, -0.2) is 23.2 Å². The van der Waals surface area contributed by atoms with Crippen molar-refractivity contribution in [3.05, 3.63) is 52.8 Å². The third-order valence-corrected chi connectivity index (χ3v) is 5.86. The first-order valence-electron chi connectivity index (χ1n) is 7.51. The summed E-state index contributed by atoms with van der Waals surface area (Å²) in [6, 6.07) is 8.25. The highest BCUT2D eigenvalue weighted by molar-refractivity contribution is 7.92. The molecule has 0 saturated heterocycles. The van der Waals surface area contributed by atoms with Crippen molar-refractivity contribution in [1.82, 2.24) is 14.8 Å². The average molecular weight is 362 g/mol. The molecule has 0 fully saturated rings. The van der Waals surface area contributed by atoms with Crippen molar-refractivity contribution in [2.24, 2.45) is 0 Å². The van der Waals surface area contributed by atoms with Crippen molar-refractivity contribution < 1.29 is 8.42 Å². The molecule has 0 amide bonds. The van der Waals surface area contributed by atoms with Crippen LogP contribution >= 0.6 is 11.3 Å². The Kier molecular flexibility index (Phi) is 4.42. The Bertz CT molecular complexity index is 959. The quantitative estimate of drug-likeness (QED) is 0.755. The highest BCUT2D eigenvalue weighted by Gasteiger charge is 2.20. The third-order valence-electron chi connectivity index (χ3n) is 3.54. The van der Waals surface area contributed by atoms with Gasteiger partial charge in [-0.05, 0) is 38.0 Å². The topological polar surface area (TPSA) is 76.9 Å². The Balaban J connectivity index is 2.01.